The van der Waals surface area contributed by atoms with Crippen molar-refractivity contribution in [2.45, 2.75) is 12.3 Å². The van der Waals surface area contributed by atoms with Crippen LogP contribution in [0.5, 0.6) is 17.2 Å². The van der Waals surface area contributed by atoms with Gasteiger partial charge in [-0.2, -0.15) is 0 Å². The molecule has 7 nitrogen and oxygen atoms in total. The van der Waals surface area contributed by atoms with Crippen molar-refractivity contribution in [3.63, 3.8) is 0 Å². The summed E-state index contributed by atoms with van der Waals surface area (Å²) in [5.74, 6) is 0.663. The molecule has 0 fully saturated rings. The topological polar surface area (TPSA) is 83.1 Å². The van der Waals surface area contributed by atoms with Crippen molar-refractivity contribution >= 4 is 17.6 Å². The van der Waals surface area contributed by atoms with Crippen molar-refractivity contribution in [1.29, 1.82) is 0 Å². The van der Waals surface area contributed by atoms with Crippen LogP contribution in [0, 0.1) is 0 Å². The van der Waals surface area contributed by atoms with Crippen LogP contribution in [0.2, 0.25) is 0 Å². The van der Waals surface area contributed by atoms with E-state index in [4.69, 9.17) is 18.9 Å². The number of fused-ring (bicyclic) bond motifs is 1. The van der Waals surface area contributed by atoms with Crippen LogP contribution in [0.1, 0.15) is 33.8 Å². The van der Waals surface area contributed by atoms with Gasteiger partial charge in [0.25, 0.3) is 0 Å². The van der Waals surface area contributed by atoms with E-state index in [9.17, 15) is 9.59 Å². The molecule has 1 aliphatic rings. The molecule has 1 N–H and O–H groups in total. The Kier molecular flexibility index (Phi) is 5.21. The van der Waals surface area contributed by atoms with Gasteiger partial charge in [-0.15, -0.1) is 0 Å². The number of hydrogen-bond donors (Lipinski definition) is 1. The van der Waals surface area contributed by atoms with Crippen molar-refractivity contribution in [1.82, 2.24) is 0 Å². The van der Waals surface area contributed by atoms with Gasteiger partial charge in [0.05, 0.1) is 39.7 Å². The first kappa shape index (κ1) is 18.6. The summed E-state index contributed by atoms with van der Waals surface area (Å²) >= 11 is 0. The minimum atomic E-state index is -0.410. The van der Waals surface area contributed by atoms with Crippen LogP contribution in [0.15, 0.2) is 30.3 Å². The van der Waals surface area contributed by atoms with Crippen molar-refractivity contribution in [2.75, 3.05) is 33.8 Å². The van der Waals surface area contributed by atoms with Gasteiger partial charge in [0.2, 0.25) is 11.7 Å². The molecule has 0 saturated carbocycles. The number of benzene rings is 2. The smallest absolute Gasteiger partial charge is 0.337 e. The number of anilines is 1. The molecule has 2 aromatic rings. The zero-order valence-corrected chi connectivity index (χ0v) is 15.6. The van der Waals surface area contributed by atoms with E-state index in [1.54, 1.807) is 25.3 Å². The molecule has 27 heavy (non-hydrogen) atoms. The SMILES string of the molecule is COC(=O)c1ccc([C@@H]2CC(=O)Nc3cc(OC)c(OC)c(OC)c32)cc1. The van der Waals surface area contributed by atoms with Crippen LogP contribution in [0.25, 0.3) is 0 Å². The summed E-state index contributed by atoms with van der Waals surface area (Å²) in [6, 6.07) is 8.72. The van der Waals surface area contributed by atoms with Crippen LogP contribution in [-0.4, -0.2) is 40.3 Å². The van der Waals surface area contributed by atoms with Crippen molar-refractivity contribution in [3.05, 3.63) is 47.0 Å². The lowest BCUT2D eigenvalue weighted by Crippen LogP contribution is -2.24. The number of carbonyl (C=O) groups excluding carboxylic acids is 2. The second-order valence-corrected chi connectivity index (χ2v) is 6.03. The highest BCUT2D eigenvalue weighted by molar-refractivity contribution is 5.97. The number of ether oxygens (including phenoxy) is 4. The number of rotatable bonds is 5. The van der Waals surface area contributed by atoms with Gasteiger partial charge in [0.15, 0.2) is 11.5 Å². The second-order valence-electron chi connectivity index (χ2n) is 6.03. The van der Waals surface area contributed by atoms with E-state index in [0.717, 1.165) is 11.1 Å². The molecule has 0 aromatic heterocycles. The molecular formula is C20H21NO6. The summed E-state index contributed by atoms with van der Waals surface area (Å²) in [4.78, 5) is 24.0. The first-order valence-electron chi connectivity index (χ1n) is 8.35. The van der Waals surface area contributed by atoms with E-state index in [2.05, 4.69) is 5.32 Å². The standard InChI is InChI=1S/C20H21NO6/c1-24-15-10-14-17(19(26-3)18(15)25-2)13(9-16(22)21-14)11-5-7-12(8-6-11)20(23)27-4/h5-8,10,13H,9H2,1-4H3,(H,21,22)/t13-/m0/s1. The number of methoxy groups -OCH3 is 4. The Bertz CT molecular complexity index is 875. The lowest BCUT2D eigenvalue weighted by Gasteiger charge is -2.29. The molecule has 1 atom stereocenters. The lowest BCUT2D eigenvalue weighted by atomic mass is 9.83. The van der Waals surface area contributed by atoms with E-state index in [1.807, 2.05) is 12.1 Å². The van der Waals surface area contributed by atoms with Gasteiger partial charge in [0.1, 0.15) is 0 Å². The van der Waals surface area contributed by atoms with Gasteiger partial charge in [-0.25, -0.2) is 4.79 Å². The molecule has 0 radical (unpaired) electrons. The molecule has 1 heterocycles. The van der Waals surface area contributed by atoms with E-state index in [1.165, 1.54) is 21.3 Å². The molecule has 0 bridgehead atoms. The highest BCUT2D eigenvalue weighted by atomic mass is 16.5. The van der Waals surface area contributed by atoms with Gasteiger partial charge in [0, 0.05) is 24.0 Å². The number of hydrogen-bond acceptors (Lipinski definition) is 6. The van der Waals surface area contributed by atoms with Gasteiger partial charge < -0.3 is 24.3 Å². The Morgan fingerprint density at radius 1 is 1.00 bits per heavy atom. The van der Waals surface area contributed by atoms with E-state index >= 15 is 0 Å². The maximum atomic E-state index is 12.3. The fourth-order valence-electron chi connectivity index (χ4n) is 3.37. The quantitative estimate of drug-likeness (QED) is 0.814. The van der Waals surface area contributed by atoms with Crippen LogP contribution in [0.3, 0.4) is 0 Å². The van der Waals surface area contributed by atoms with Gasteiger partial charge in [-0.05, 0) is 17.7 Å². The molecule has 1 amide bonds. The van der Waals surface area contributed by atoms with Crippen LogP contribution < -0.4 is 19.5 Å². The summed E-state index contributed by atoms with van der Waals surface area (Å²) < 4.78 is 21.2. The molecule has 1 aliphatic heterocycles. The lowest BCUT2D eigenvalue weighted by molar-refractivity contribution is -0.116. The zero-order chi connectivity index (χ0) is 19.6. The molecule has 3 rings (SSSR count). The summed E-state index contributed by atoms with van der Waals surface area (Å²) in [6.45, 7) is 0. The Morgan fingerprint density at radius 3 is 2.22 bits per heavy atom. The first-order valence-corrected chi connectivity index (χ1v) is 8.35. The minimum Gasteiger partial charge on any atom is -0.493 e. The number of esters is 1. The van der Waals surface area contributed by atoms with Crippen molar-refractivity contribution < 1.29 is 28.5 Å². The summed E-state index contributed by atoms with van der Waals surface area (Å²) in [7, 11) is 5.94. The minimum absolute atomic E-state index is 0.112. The molecule has 142 valence electrons. The third kappa shape index (κ3) is 3.28. The van der Waals surface area contributed by atoms with Crippen LogP contribution in [0.4, 0.5) is 5.69 Å². The summed E-state index contributed by atoms with van der Waals surface area (Å²) in [5, 5.41) is 2.87. The van der Waals surface area contributed by atoms with Gasteiger partial charge in [-0.3, -0.25) is 4.79 Å². The Hall–Kier alpha value is -3.22. The maximum Gasteiger partial charge on any atom is 0.337 e. The highest BCUT2D eigenvalue weighted by Gasteiger charge is 2.33. The Labute approximate surface area is 157 Å². The number of nitrogens with one attached hydrogen (secondary N) is 1. The predicted molar refractivity (Wildman–Crippen MR) is 99.0 cm³/mol. The van der Waals surface area contributed by atoms with E-state index in [-0.39, 0.29) is 18.2 Å². The highest BCUT2D eigenvalue weighted by Crippen LogP contribution is 2.51. The third-order valence-electron chi connectivity index (χ3n) is 4.61. The average molecular weight is 371 g/mol. The molecule has 0 spiro atoms. The van der Waals surface area contributed by atoms with E-state index in [0.29, 0.717) is 28.5 Å². The second kappa shape index (κ2) is 7.57. The predicted octanol–water partition coefficient (Wildman–Crippen LogP) is 2.97. The van der Waals surface area contributed by atoms with Gasteiger partial charge in [-0.1, -0.05) is 12.1 Å². The fourth-order valence-corrected chi connectivity index (χ4v) is 3.37. The first-order chi connectivity index (χ1) is 13.0. The maximum absolute atomic E-state index is 12.3. The summed E-state index contributed by atoms with van der Waals surface area (Å²) in [5.41, 5.74) is 2.74. The molecular weight excluding hydrogens is 350 g/mol. The van der Waals surface area contributed by atoms with Crippen molar-refractivity contribution in [2.24, 2.45) is 0 Å². The molecule has 2 aromatic carbocycles. The molecule has 0 saturated heterocycles. The van der Waals surface area contributed by atoms with Crippen LogP contribution >= 0.6 is 0 Å². The Morgan fingerprint density at radius 2 is 1.67 bits per heavy atom. The van der Waals surface area contributed by atoms with E-state index < -0.39 is 5.97 Å². The third-order valence-corrected chi connectivity index (χ3v) is 4.61. The Balaban J connectivity index is 2.14. The fraction of sp³-hybridized carbons (Fsp3) is 0.300. The molecule has 7 heteroatoms. The number of amides is 1. The largest absolute Gasteiger partial charge is 0.493 e. The van der Waals surface area contributed by atoms with Crippen LogP contribution in [-0.2, 0) is 9.53 Å². The molecule has 0 unspecified atom stereocenters. The van der Waals surface area contributed by atoms with Gasteiger partial charge >= 0.3 is 5.97 Å². The normalized spacial score (nSPS) is 15.4. The summed E-state index contributed by atoms with van der Waals surface area (Å²) in [6.07, 6.45) is 0.246. The monoisotopic (exact) mass is 371 g/mol. The average Bonchev–Trinajstić information content (AvgIpc) is 2.70. The molecule has 0 aliphatic carbocycles. The number of carbonyl (C=O) groups is 2. The van der Waals surface area contributed by atoms with Crippen molar-refractivity contribution in [3.8, 4) is 17.2 Å². The zero-order valence-electron chi connectivity index (χ0n) is 15.6.